The molecule has 0 radical (unpaired) electrons. The molecule has 156 valence electrons. The lowest BCUT2D eigenvalue weighted by Crippen LogP contribution is -2.59. The third-order valence-corrected chi connectivity index (χ3v) is 3.89. The van der Waals surface area contributed by atoms with Crippen LogP contribution in [-0.4, -0.2) is 103 Å². The minimum atomic E-state index is -1.54. The summed E-state index contributed by atoms with van der Waals surface area (Å²) in [6, 6.07) is 0. The van der Waals surface area contributed by atoms with Crippen LogP contribution in [0.15, 0.2) is 0 Å². The summed E-state index contributed by atoms with van der Waals surface area (Å²) in [5, 5.41) is 43.8. The SMILES string of the molecule is C#CCCC(=O)NCCOCCOCCNCC1OC(O)[C@H](O)[C@@H](O)[C@H]1O. The van der Waals surface area contributed by atoms with Crippen molar-refractivity contribution in [2.45, 2.75) is 43.5 Å². The van der Waals surface area contributed by atoms with Crippen LogP contribution >= 0.6 is 0 Å². The molecule has 0 aromatic carbocycles. The van der Waals surface area contributed by atoms with E-state index in [4.69, 9.17) is 20.6 Å². The van der Waals surface area contributed by atoms with Crippen molar-refractivity contribution in [3.8, 4) is 12.3 Å². The number of rotatable bonds is 13. The van der Waals surface area contributed by atoms with E-state index in [0.717, 1.165) is 0 Å². The van der Waals surface area contributed by atoms with Gasteiger partial charge in [-0.15, -0.1) is 12.3 Å². The molecule has 0 saturated carbocycles. The maximum Gasteiger partial charge on any atom is 0.221 e. The van der Waals surface area contributed by atoms with E-state index in [1.807, 2.05) is 0 Å². The van der Waals surface area contributed by atoms with Crippen LogP contribution in [0.5, 0.6) is 0 Å². The van der Waals surface area contributed by atoms with E-state index in [9.17, 15) is 25.2 Å². The fourth-order valence-corrected chi connectivity index (χ4v) is 2.35. The summed E-state index contributed by atoms with van der Waals surface area (Å²) in [5.74, 6) is 2.30. The molecular weight excluding hydrogens is 360 g/mol. The lowest BCUT2D eigenvalue weighted by molar-refractivity contribution is -0.280. The second kappa shape index (κ2) is 13.8. The third kappa shape index (κ3) is 9.46. The van der Waals surface area contributed by atoms with Crippen LogP contribution in [0.2, 0.25) is 0 Å². The standard InChI is InChI=1S/C17H30N2O8/c1-2-3-4-13(20)19-6-8-26-10-9-25-7-5-18-11-12-14(21)15(22)16(23)17(24)27-12/h1,12,14-18,21-24H,3-11H2,(H,19,20)/t12?,14-,15-,16+,17?/m0/s1. The highest BCUT2D eigenvalue weighted by atomic mass is 16.6. The maximum absolute atomic E-state index is 11.3. The highest BCUT2D eigenvalue weighted by molar-refractivity contribution is 5.76. The minimum Gasteiger partial charge on any atom is -0.388 e. The molecule has 10 nitrogen and oxygen atoms in total. The number of amides is 1. The van der Waals surface area contributed by atoms with Gasteiger partial charge in [0, 0.05) is 32.5 Å². The molecular formula is C17H30N2O8. The molecule has 0 aromatic rings. The lowest BCUT2D eigenvalue weighted by Gasteiger charge is -2.38. The average molecular weight is 390 g/mol. The molecule has 6 N–H and O–H groups in total. The maximum atomic E-state index is 11.3. The first kappa shape index (κ1) is 23.7. The Kier molecular flexibility index (Phi) is 12.2. The Labute approximate surface area is 158 Å². The molecule has 1 heterocycles. The van der Waals surface area contributed by atoms with Crippen LogP contribution in [0.4, 0.5) is 0 Å². The van der Waals surface area contributed by atoms with Gasteiger partial charge in [0.05, 0.1) is 26.4 Å². The molecule has 1 aliphatic rings. The van der Waals surface area contributed by atoms with Gasteiger partial charge in [-0.1, -0.05) is 0 Å². The summed E-state index contributed by atoms with van der Waals surface area (Å²) < 4.78 is 15.7. The number of ether oxygens (including phenoxy) is 3. The highest BCUT2D eigenvalue weighted by Gasteiger charge is 2.42. The number of nitrogens with one attached hydrogen (secondary N) is 2. The van der Waals surface area contributed by atoms with E-state index < -0.39 is 30.7 Å². The van der Waals surface area contributed by atoms with Gasteiger partial charge in [0.2, 0.25) is 5.91 Å². The Hall–Kier alpha value is -1.29. The topological polar surface area (TPSA) is 150 Å². The van der Waals surface area contributed by atoms with Gasteiger partial charge in [0.15, 0.2) is 6.29 Å². The Morgan fingerprint density at radius 3 is 2.33 bits per heavy atom. The van der Waals surface area contributed by atoms with Gasteiger partial charge < -0.3 is 45.3 Å². The monoisotopic (exact) mass is 390 g/mol. The van der Waals surface area contributed by atoms with E-state index in [-0.39, 0.29) is 12.5 Å². The number of aliphatic hydroxyl groups is 4. The van der Waals surface area contributed by atoms with Gasteiger partial charge >= 0.3 is 0 Å². The third-order valence-electron chi connectivity index (χ3n) is 3.89. The number of aliphatic hydroxyl groups excluding tert-OH is 4. The molecule has 0 bridgehead atoms. The molecule has 1 amide bonds. The first-order valence-corrected chi connectivity index (χ1v) is 8.91. The fourth-order valence-electron chi connectivity index (χ4n) is 2.35. The second-order valence-electron chi connectivity index (χ2n) is 6.02. The van der Waals surface area contributed by atoms with Crippen molar-refractivity contribution in [1.29, 1.82) is 0 Å². The Morgan fingerprint density at radius 1 is 1.00 bits per heavy atom. The zero-order chi connectivity index (χ0) is 20.1. The van der Waals surface area contributed by atoms with Gasteiger partial charge in [-0.3, -0.25) is 4.79 Å². The minimum absolute atomic E-state index is 0.0968. The van der Waals surface area contributed by atoms with E-state index in [0.29, 0.717) is 52.4 Å². The molecule has 10 heteroatoms. The Bertz CT molecular complexity index is 459. The molecule has 2 unspecified atom stereocenters. The normalized spacial score (nSPS) is 27.9. The van der Waals surface area contributed by atoms with Crippen molar-refractivity contribution in [2.24, 2.45) is 0 Å². The molecule has 27 heavy (non-hydrogen) atoms. The van der Waals surface area contributed by atoms with Crippen LogP contribution in [0.1, 0.15) is 12.8 Å². The Morgan fingerprint density at radius 2 is 1.67 bits per heavy atom. The predicted molar refractivity (Wildman–Crippen MR) is 94.5 cm³/mol. The van der Waals surface area contributed by atoms with E-state index >= 15 is 0 Å². The van der Waals surface area contributed by atoms with Crippen molar-refractivity contribution in [3.05, 3.63) is 0 Å². The van der Waals surface area contributed by atoms with Crippen molar-refractivity contribution in [1.82, 2.24) is 10.6 Å². The largest absolute Gasteiger partial charge is 0.388 e. The zero-order valence-electron chi connectivity index (χ0n) is 15.2. The van der Waals surface area contributed by atoms with Crippen molar-refractivity contribution in [3.63, 3.8) is 0 Å². The van der Waals surface area contributed by atoms with Gasteiger partial charge in [-0.05, 0) is 0 Å². The van der Waals surface area contributed by atoms with Crippen LogP contribution < -0.4 is 10.6 Å². The van der Waals surface area contributed by atoms with Gasteiger partial charge in [-0.2, -0.15) is 0 Å². The molecule has 1 fully saturated rings. The molecule has 1 rings (SSSR count). The zero-order valence-corrected chi connectivity index (χ0v) is 15.2. The molecule has 5 atom stereocenters. The second-order valence-corrected chi connectivity index (χ2v) is 6.02. The first-order chi connectivity index (χ1) is 13.0. The molecule has 0 aliphatic carbocycles. The summed E-state index contributed by atoms with van der Waals surface area (Å²) in [4.78, 5) is 11.3. The number of carbonyl (C=O) groups is 1. The molecule has 1 aliphatic heterocycles. The lowest BCUT2D eigenvalue weighted by atomic mass is 9.99. The predicted octanol–water partition coefficient (Wildman–Crippen LogP) is -3.06. The number of terminal acetylenes is 1. The summed E-state index contributed by atoms with van der Waals surface area (Å²) in [5.41, 5.74) is 0. The van der Waals surface area contributed by atoms with Gasteiger partial charge in [-0.25, -0.2) is 0 Å². The van der Waals surface area contributed by atoms with Gasteiger partial charge in [0.25, 0.3) is 0 Å². The summed E-state index contributed by atoms with van der Waals surface area (Å²) in [6.07, 6.45) is -0.856. The fraction of sp³-hybridized carbons (Fsp3) is 0.824. The first-order valence-electron chi connectivity index (χ1n) is 8.91. The molecule has 0 aromatic heterocycles. The van der Waals surface area contributed by atoms with Crippen molar-refractivity contribution in [2.75, 3.05) is 46.1 Å². The van der Waals surface area contributed by atoms with Crippen molar-refractivity contribution < 1.29 is 39.4 Å². The van der Waals surface area contributed by atoms with Crippen LogP contribution in [0.25, 0.3) is 0 Å². The quantitative estimate of drug-likeness (QED) is 0.142. The average Bonchev–Trinajstić information content (AvgIpc) is 2.66. The number of hydrogen-bond donors (Lipinski definition) is 6. The molecule has 0 spiro atoms. The van der Waals surface area contributed by atoms with E-state index in [2.05, 4.69) is 16.6 Å². The summed E-state index contributed by atoms with van der Waals surface area (Å²) in [6.45, 7) is 2.62. The Balaban J connectivity index is 1.92. The van der Waals surface area contributed by atoms with Gasteiger partial charge in [0.1, 0.15) is 24.4 Å². The summed E-state index contributed by atoms with van der Waals surface area (Å²) in [7, 11) is 0. The smallest absolute Gasteiger partial charge is 0.221 e. The van der Waals surface area contributed by atoms with Crippen LogP contribution in [0.3, 0.4) is 0 Å². The van der Waals surface area contributed by atoms with Crippen molar-refractivity contribution >= 4 is 5.91 Å². The highest BCUT2D eigenvalue weighted by Crippen LogP contribution is 2.19. The number of hydrogen-bond acceptors (Lipinski definition) is 9. The summed E-state index contributed by atoms with van der Waals surface area (Å²) >= 11 is 0. The van der Waals surface area contributed by atoms with Crippen LogP contribution in [0, 0.1) is 12.3 Å². The van der Waals surface area contributed by atoms with Crippen LogP contribution in [-0.2, 0) is 19.0 Å². The molecule has 1 saturated heterocycles. The number of carbonyl (C=O) groups excluding carboxylic acids is 1. The van der Waals surface area contributed by atoms with E-state index in [1.165, 1.54) is 0 Å². The van der Waals surface area contributed by atoms with E-state index in [1.54, 1.807) is 0 Å².